The lowest BCUT2D eigenvalue weighted by atomic mass is 9.78. The average molecular weight is 473 g/mol. The van der Waals surface area contributed by atoms with E-state index in [4.69, 9.17) is 9.47 Å². The molecule has 0 spiro atoms. The van der Waals surface area contributed by atoms with Gasteiger partial charge in [0.15, 0.2) is 0 Å². The fourth-order valence-corrected chi connectivity index (χ4v) is 5.94. The quantitative estimate of drug-likeness (QED) is 0.554. The van der Waals surface area contributed by atoms with E-state index in [9.17, 15) is 9.59 Å². The van der Waals surface area contributed by atoms with Crippen LogP contribution in [0.2, 0.25) is 0 Å². The summed E-state index contributed by atoms with van der Waals surface area (Å²) >= 11 is 0. The summed E-state index contributed by atoms with van der Waals surface area (Å²) in [5, 5.41) is 0. The molecule has 0 atom stereocenters. The van der Waals surface area contributed by atoms with Gasteiger partial charge in [-0.05, 0) is 87.7 Å². The highest BCUT2D eigenvalue weighted by Crippen LogP contribution is 2.39. The van der Waals surface area contributed by atoms with Gasteiger partial charge in [-0.3, -0.25) is 9.80 Å². The second-order valence-corrected chi connectivity index (χ2v) is 12.8. The third-order valence-corrected chi connectivity index (χ3v) is 8.42. The number of hydrogen-bond donors (Lipinski definition) is 0. The molecular formula is C28H44N2O4. The van der Waals surface area contributed by atoms with Gasteiger partial charge in [-0.1, -0.05) is 6.07 Å². The molecule has 6 heteroatoms. The van der Waals surface area contributed by atoms with Crippen LogP contribution in [-0.2, 0) is 9.47 Å². The van der Waals surface area contributed by atoms with Gasteiger partial charge in [0.05, 0.1) is 11.1 Å². The Balaban J connectivity index is 1.69. The summed E-state index contributed by atoms with van der Waals surface area (Å²) in [7, 11) is 4.25. The molecule has 2 aliphatic heterocycles. The molecule has 0 amide bonds. The van der Waals surface area contributed by atoms with Crippen molar-refractivity contribution >= 4 is 11.9 Å². The molecule has 2 saturated heterocycles. The molecule has 2 heterocycles. The van der Waals surface area contributed by atoms with E-state index in [1.54, 1.807) is 24.3 Å². The molecule has 0 aromatic heterocycles. The number of esters is 2. The Kier molecular flexibility index (Phi) is 7.02. The maximum atomic E-state index is 13.0. The molecule has 0 unspecified atom stereocenters. The van der Waals surface area contributed by atoms with Gasteiger partial charge < -0.3 is 9.47 Å². The van der Waals surface area contributed by atoms with Gasteiger partial charge in [0.2, 0.25) is 0 Å². The Morgan fingerprint density at radius 3 is 1.26 bits per heavy atom. The van der Waals surface area contributed by atoms with Crippen molar-refractivity contribution in [3.8, 4) is 0 Å². The Labute approximate surface area is 206 Å². The zero-order chi connectivity index (χ0) is 25.7. The largest absolute Gasteiger partial charge is 0.459 e. The number of ether oxygens (including phenoxy) is 2. The summed E-state index contributed by atoms with van der Waals surface area (Å²) in [5.41, 5.74) is 0.463. The molecule has 0 radical (unpaired) electrons. The third kappa shape index (κ3) is 5.49. The second kappa shape index (κ2) is 8.94. The maximum Gasteiger partial charge on any atom is 0.338 e. The molecule has 1 aromatic rings. The van der Waals surface area contributed by atoms with Crippen molar-refractivity contribution in [1.82, 2.24) is 9.80 Å². The molecule has 2 fully saturated rings. The number of rotatable bonds is 4. The number of hydrogen-bond acceptors (Lipinski definition) is 6. The normalized spacial score (nSPS) is 25.0. The van der Waals surface area contributed by atoms with E-state index < -0.39 is 11.9 Å². The van der Waals surface area contributed by atoms with Gasteiger partial charge in [0, 0.05) is 47.8 Å². The summed E-state index contributed by atoms with van der Waals surface area (Å²) < 4.78 is 11.8. The fourth-order valence-electron chi connectivity index (χ4n) is 5.94. The predicted molar refractivity (Wildman–Crippen MR) is 135 cm³/mol. The minimum absolute atomic E-state index is 0.0754. The fraction of sp³-hybridized carbons (Fsp3) is 0.714. The van der Waals surface area contributed by atoms with Gasteiger partial charge in [-0.15, -0.1) is 0 Å². The van der Waals surface area contributed by atoms with Crippen LogP contribution in [0.5, 0.6) is 0 Å². The lowest BCUT2D eigenvalue weighted by Crippen LogP contribution is -2.60. The summed E-state index contributed by atoms with van der Waals surface area (Å²) in [5.74, 6) is -0.783. The maximum absolute atomic E-state index is 13.0. The summed E-state index contributed by atoms with van der Waals surface area (Å²) in [4.78, 5) is 30.7. The Hall–Kier alpha value is -1.92. The molecule has 3 rings (SSSR count). The number of carbonyl (C=O) groups is 2. The minimum atomic E-state index is -0.391. The van der Waals surface area contributed by atoms with Crippen molar-refractivity contribution in [2.24, 2.45) is 0 Å². The van der Waals surface area contributed by atoms with E-state index in [-0.39, 0.29) is 34.4 Å². The number of likely N-dealkylation sites (tertiary alicyclic amines) is 2. The molecule has 6 nitrogen and oxygen atoms in total. The van der Waals surface area contributed by atoms with Gasteiger partial charge in [0.25, 0.3) is 0 Å². The van der Waals surface area contributed by atoms with Crippen LogP contribution in [0.15, 0.2) is 24.3 Å². The van der Waals surface area contributed by atoms with Gasteiger partial charge in [-0.25, -0.2) is 9.59 Å². The van der Waals surface area contributed by atoms with Crippen LogP contribution < -0.4 is 0 Å². The number of nitrogens with zero attached hydrogens (tertiary/aromatic N) is 2. The summed E-state index contributed by atoms with van der Waals surface area (Å²) in [6.07, 6.45) is 2.72. The Morgan fingerprint density at radius 1 is 0.676 bits per heavy atom. The molecular weight excluding hydrogens is 428 g/mol. The van der Waals surface area contributed by atoms with E-state index in [0.717, 1.165) is 25.7 Å². The first-order chi connectivity index (χ1) is 15.4. The number of benzene rings is 1. The highest BCUT2D eigenvalue weighted by molar-refractivity contribution is 5.95. The zero-order valence-corrected chi connectivity index (χ0v) is 22.8. The standard InChI is InChI=1S/C28H44N2O4/c1-25(2)15-21(16-26(3,4)29(25)9)33-23(31)19-12-11-13-20(14-19)24(32)34-22-17-27(5,6)30(10)28(7,8)18-22/h11-14,21-22H,15-18H2,1-10H3. The van der Waals surface area contributed by atoms with E-state index in [2.05, 4.69) is 79.3 Å². The van der Waals surface area contributed by atoms with E-state index in [1.165, 1.54) is 0 Å². The molecule has 1 aromatic carbocycles. The number of piperidine rings is 2. The molecule has 0 aliphatic carbocycles. The van der Waals surface area contributed by atoms with Crippen LogP contribution in [0.3, 0.4) is 0 Å². The topological polar surface area (TPSA) is 59.1 Å². The van der Waals surface area contributed by atoms with Gasteiger partial charge >= 0.3 is 11.9 Å². The van der Waals surface area contributed by atoms with Crippen LogP contribution >= 0.6 is 0 Å². The summed E-state index contributed by atoms with van der Waals surface area (Å²) in [6.45, 7) is 17.4. The van der Waals surface area contributed by atoms with Crippen molar-refractivity contribution in [2.45, 2.75) is 115 Å². The van der Waals surface area contributed by atoms with E-state index >= 15 is 0 Å². The highest BCUT2D eigenvalue weighted by Gasteiger charge is 2.45. The van der Waals surface area contributed by atoms with Crippen LogP contribution in [0, 0.1) is 0 Å². The van der Waals surface area contributed by atoms with Crippen molar-refractivity contribution in [3.63, 3.8) is 0 Å². The van der Waals surface area contributed by atoms with Crippen molar-refractivity contribution in [3.05, 3.63) is 35.4 Å². The van der Waals surface area contributed by atoms with Crippen LogP contribution in [0.4, 0.5) is 0 Å². The molecule has 190 valence electrons. The second-order valence-electron chi connectivity index (χ2n) is 12.8. The first-order valence-electron chi connectivity index (χ1n) is 12.4. The predicted octanol–water partition coefficient (Wildman–Crippen LogP) is 5.30. The van der Waals surface area contributed by atoms with Gasteiger partial charge in [0.1, 0.15) is 12.2 Å². The molecule has 2 aliphatic rings. The molecule has 34 heavy (non-hydrogen) atoms. The van der Waals surface area contributed by atoms with Crippen LogP contribution in [-0.4, -0.2) is 70.2 Å². The summed E-state index contributed by atoms with van der Waals surface area (Å²) in [6, 6.07) is 6.72. The first-order valence-corrected chi connectivity index (χ1v) is 12.4. The number of carbonyl (C=O) groups excluding carboxylic acids is 2. The molecule has 0 N–H and O–H groups in total. The molecule has 0 saturated carbocycles. The first kappa shape index (κ1) is 26.7. The smallest absolute Gasteiger partial charge is 0.338 e. The Bertz CT molecular complexity index is 827. The molecule has 0 bridgehead atoms. The van der Waals surface area contributed by atoms with Gasteiger partial charge in [-0.2, -0.15) is 0 Å². The van der Waals surface area contributed by atoms with Crippen LogP contribution in [0.1, 0.15) is 102 Å². The monoisotopic (exact) mass is 472 g/mol. The average Bonchev–Trinajstić information content (AvgIpc) is 2.69. The minimum Gasteiger partial charge on any atom is -0.459 e. The Morgan fingerprint density at radius 2 is 0.971 bits per heavy atom. The van der Waals surface area contributed by atoms with Crippen LogP contribution in [0.25, 0.3) is 0 Å². The lowest BCUT2D eigenvalue weighted by Gasteiger charge is -2.53. The SMILES string of the molecule is CN1C(C)(C)CC(OC(=O)c2cccc(C(=O)OC3CC(C)(C)N(C)C(C)(C)C3)c2)CC1(C)C. The van der Waals surface area contributed by atoms with Crippen molar-refractivity contribution in [1.29, 1.82) is 0 Å². The van der Waals surface area contributed by atoms with Crippen molar-refractivity contribution < 1.29 is 19.1 Å². The lowest BCUT2D eigenvalue weighted by molar-refractivity contribution is -0.0736. The third-order valence-electron chi connectivity index (χ3n) is 8.42. The van der Waals surface area contributed by atoms with Crippen molar-refractivity contribution in [2.75, 3.05) is 14.1 Å². The zero-order valence-electron chi connectivity index (χ0n) is 22.8. The van der Waals surface area contributed by atoms with E-state index in [1.807, 2.05) is 0 Å². The van der Waals surface area contributed by atoms with E-state index in [0.29, 0.717) is 11.1 Å². The highest BCUT2D eigenvalue weighted by atomic mass is 16.5.